The molecular weight excluding hydrogens is 463 g/mol. The molecule has 1 amide bonds. The average molecular weight is 480 g/mol. The summed E-state index contributed by atoms with van der Waals surface area (Å²) in [5.74, 6) is -0.381. The second-order valence-corrected chi connectivity index (χ2v) is 9.10. The van der Waals surface area contributed by atoms with E-state index >= 15 is 0 Å². The number of carbonyl (C=O) groups is 1. The number of likely N-dealkylation sites (N-methyl/N-ethyl adjacent to an activating group) is 1. The van der Waals surface area contributed by atoms with E-state index in [1.165, 1.54) is 12.1 Å². The van der Waals surface area contributed by atoms with Crippen LogP contribution in [0.5, 0.6) is 0 Å². The lowest BCUT2D eigenvalue weighted by molar-refractivity contribution is -0.121. The molecule has 0 saturated heterocycles. The Balaban J connectivity index is 2.37. The molecule has 0 spiro atoms. The molecule has 9 heteroatoms. The van der Waals surface area contributed by atoms with E-state index in [1.54, 1.807) is 37.3 Å². The first-order valence-electron chi connectivity index (χ1n) is 7.70. The van der Waals surface area contributed by atoms with Crippen molar-refractivity contribution in [3.8, 4) is 0 Å². The van der Waals surface area contributed by atoms with Gasteiger partial charge in [0.1, 0.15) is 0 Å². The Morgan fingerprint density at radius 2 is 1.77 bits per heavy atom. The molecule has 2 rings (SSSR count). The lowest BCUT2D eigenvalue weighted by Crippen LogP contribution is -2.40. The first-order chi connectivity index (χ1) is 12.2. The number of halogens is 3. The summed E-state index contributed by atoms with van der Waals surface area (Å²) < 4.78 is 27.9. The molecule has 5 nitrogen and oxygen atoms in total. The van der Waals surface area contributed by atoms with Crippen LogP contribution in [0.1, 0.15) is 12.5 Å². The summed E-state index contributed by atoms with van der Waals surface area (Å²) in [5.41, 5.74) is 0.629. The van der Waals surface area contributed by atoms with Gasteiger partial charge in [0.05, 0.1) is 21.5 Å². The third kappa shape index (κ3) is 5.44. The van der Waals surface area contributed by atoms with E-state index in [0.717, 1.165) is 8.78 Å². The summed E-state index contributed by atoms with van der Waals surface area (Å²) >= 11 is 15.2. The van der Waals surface area contributed by atoms with Crippen molar-refractivity contribution in [3.63, 3.8) is 0 Å². The minimum absolute atomic E-state index is 0.00752. The summed E-state index contributed by atoms with van der Waals surface area (Å²) in [5, 5.41) is 3.31. The van der Waals surface area contributed by atoms with Gasteiger partial charge in [-0.15, -0.1) is 0 Å². The van der Waals surface area contributed by atoms with Crippen molar-refractivity contribution in [1.82, 2.24) is 9.62 Å². The highest BCUT2D eigenvalue weighted by atomic mass is 79.9. The standard InChI is InChI=1S/C17H17BrCl2N2O3S/c1-2-21-17(23)11-22(10-12-3-8-15(19)16(20)9-12)26(24,25)14-6-4-13(18)5-7-14/h3-9H,2,10-11H2,1H3,(H,21,23). The molecule has 26 heavy (non-hydrogen) atoms. The van der Waals surface area contributed by atoms with Gasteiger partial charge < -0.3 is 5.32 Å². The molecule has 0 saturated carbocycles. The zero-order valence-electron chi connectivity index (χ0n) is 13.9. The number of carbonyl (C=O) groups excluding carboxylic acids is 1. The van der Waals surface area contributed by atoms with Gasteiger partial charge in [-0.3, -0.25) is 4.79 Å². The zero-order valence-corrected chi connectivity index (χ0v) is 17.8. The zero-order chi connectivity index (χ0) is 19.3. The number of sulfonamides is 1. The van der Waals surface area contributed by atoms with Crippen LogP contribution in [0, 0.1) is 0 Å². The van der Waals surface area contributed by atoms with Gasteiger partial charge in [-0.2, -0.15) is 4.31 Å². The Labute approximate surface area is 171 Å². The average Bonchev–Trinajstić information content (AvgIpc) is 2.58. The molecule has 0 aliphatic carbocycles. The Hall–Kier alpha value is -1.12. The normalized spacial score (nSPS) is 11.6. The molecular formula is C17H17BrCl2N2O3S. The van der Waals surface area contributed by atoms with Crippen LogP contribution < -0.4 is 5.32 Å². The van der Waals surface area contributed by atoms with Crippen molar-refractivity contribution in [3.05, 3.63) is 62.5 Å². The largest absolute Gasteiger partial charge is 0.355 e. The summed E-state index contributed by atoms with van der Waals surface area (Å²) in [7, 11) is -3.88. The molecule has 0 aromatic heterocycles. The van der Waals surface area contributed by atoms with Gasteiger partial charge in [-0.25, -0.2) is 8.42 Å². The fourth-order valence-corrected chi connectivity index (χ4v) is 4.21. The maximum atomic E-state index is 13.0. The van der Waals surface area contributed by atoms with Gasteiger partial charge in [0.2, 0.25) is 15.9 Å². The van der Waals surface area contributed by atoms with Crippen molar-refractivity contribution < 1.29 is 13.2 Å². The smallest absolute Gasteiger partial charge is 0.243 e. The van der Waals surface area contributed by atoms with Crippen LogP contribution in [0.3, 0.4) is 0 Å². The second-order valence-electron chi connectivity index (χ2n) is 5.43. The monoisotopic (exact) mass is 478 g/mol. The van der Waals surface area contributed by atoms with Crippen LogP contribution in [0.4, 0.5) is 0 Å². The molecule has 0 radical (unpaired) electrons. The van der Waals surface area contributed by atoms with Crippen molar-refractivity contribution >= 4 is 55.1 Å². The van der Waals surface area contributed by atoms with Crippen LogP contribution in [0.25, 0.3) is 0 Å². The van der Waals surface area contributed by atoms with Gasteiger partial charge in [-0.05, 0) is 48.9 Å². The summed E-state index contributed by atoms with van der Waals surface area (Å²) in [6.45, 7) is 1.88. The Bertz CT molecular complexity index is 889. The third-order valence-electron chi connectivity index (χ3n) is 3.49. The number of benzene rings is 2. The molecule has 0 atom stereocenters. The molecule has 140 valence electrons. The highest BCUT2D eigenvalue weighted by Gasteiger charge is 2.27. The predicted molar refractivity (Wildman–Crippen MR) is 107 cm³/mol. The Morgan fingerprint density at radius 1 is 1.12 bits per heavy atom. The molecule has 0 unspecified atom stereocenters. The minimum Gasteiger partial charge on any atom is -0.355 e. The van der Waals surface area contributed by atoms with Crippen molar-refractivity contribution in [1.29, 1.82) is 0 Å². The fourth-order valence-electron chi connectivity index (χ4n) is 2.24. The van der Waals surface area contributed by atoms with Crippen molar-refractivity contribution in [2.75, 3.05) is 13.1 Å². The van der Waals surface area contributed by atoms with E-state index in [-0.39, 0.29) is 23.9 Å². The van der Waals surface area contributed by atoms with Crippen molar-refractivity contribution in [2.24, 2.45) is 0 Å². The van der Waals surface area contributed by atoms with Crippen LogP contribution in [0.2, 0.25) is 10.0 Å². The first-order valence-corrected chi connectivity index (χ1v) is 10.7. The van der Waals surface area contributed by atoms with Crippen LogP contribution in [0.15, 0.2) is 51.8 Å². The van der Waals surface area contributed by atoms with E-state index in [4.69, 9.17) is 23.2 Å². The van der Waals surface area contributed by atoms with Crippen LogP contribution in [-0.2, 0) is 21.4 Å². The maximum Gasteiger partial charge on any atom is 0.243 e. The molecule has 1 N–H and O–H groups in total. The molecule has 0 aliphatic heterocycles. The van der Waals surface area contributed by atoms with Gasteiger partial charge >= 0.3 is 0 Å². The summed E-state index contributed by atoms with van der Waals surface area (Å²) in [6, 6.07) is 11.1. The SMILES string of the molecule is CCNC(=O)CN(Cc1ccc(Cl)c(Cl)c1)S(=O)(=O)c1ccc(Br)cc1. The molecule has 2 aromatic rings. The highest BCUT2D eigenvalue weighted by molar-refractivity contribution is 9.10. The maximum absolute atomic E-state index is 13.0. The van der Waals surface area contributed by atoms with E-state index in [2.05, 4.69) is 21.2 Å². The van der Waals surface area contributed by atoms with Gasteiger partial charge in [-0.1, -0.05) is 45.2 Å². The molecule has 0 aliphatic rings. The van der Waals surface area contributed by atoms with E-state index < -0.39 is 10.0 Å². The van der Waals surface area contributed by atoms with E-state index in [9.17, 15) is 13.2 Å². The predicted octanol–water partition coefficient (Wildman–Crippen LogP) is 4.08. The first kappa shape index (κ1) is 21.2. The molecule has 0 bridgehead atoms. The van der Waals surface area contributed by atoms with Crippen LogP contribution >= 0.6 is 39.1 Å². The molecule has 0 heterocycles. The number of hydrogen-bond donors (Lipinski definition) is 1. The minimum atomic E-state index is -3.88. The number of hydrogen-bond acceptors (Lipinski definition) is 3. The lowest BCUT2D eigenvalue weighted by atomic mass is 10.2. The Morgan fingerprint density at radius 3 is 2.35 bits per heavy atom. The van der Waals surface area contributed by atoms with Gasteiger partial charge in [0.15, 0.2) is 0 Å². The summed E-state index contributed by atoms with van der Waals surface area (Å²) in [6.07, 6.45) is 0. The second kappa shape index (κ2) is 9.19. The number of nitrogens with zero attached hydrogens (tertiary/aromatic N) is 1. The number of rotatable bonds is 7. The van der Waals surface area contributed by atoms with Gasteiger partial charge in [0.25, 0.3) is 0 Å². The lowest BCUT2D eigenvalue weighted by Gasteiger charge is -2.22. The molecule has 2 aromatic carbocycles. The Kier molecular flexibility index (Phi) is 7.49. The number of amides is 1. The van der Waals surface area contributed by atoms with E-state index in [1.807, 2.05) is 0 Å². The fraction of sp³-hybridized carbons (Fsp3) is 0.235. The van der Waals surface area contributed by atoms with Crippen molar-refractivity contribution in [2.45, 2.75) is 18.4 Å². The van der Waals surface area contributed by atoms with Gasteiger partial charge in [0, 0.05) is 17.6 Å². The third-order valence-corrected chi connectivity index (χ3v) is 6.56. The summed E-state index contributed by atoms with van der Waals surface area (Å²) in [4.78, 5) is 12.1. The molecule has 0 fully saturated rings. The highest BCUT2D eigenvalue weighted by Crippen LogP contribution is 2.25. The van der Waals surface area contributed by atoms with Crippen LogP contribution in [-0.4, -0.2) is 31.7 Å². The quantitative estimate of drug-likeness (QED) is 0.650. The topological polar surface area (TPSA) is 66.5 Å². The van der Waals surface area contributed by atoms with E-state index in [0.29, 0.717) is 22.2 Å². The number of nitrogens with one attached hydrogen (secondary N) is 1.